The molecule has 0 saturated heterocycles. The molecule has 0 spiro atoms. The Balaban J connectivity index is 2.73. The number of thiophene rings is 1. The van der Waals surface area contributed by atoms with Crippen LogP contribution in [0.4, 0.5) is 0 Å². The third kappa shape index (κ3) is 3.00. The first-order chi connectivity index (χ1) is 7.06. The van der Waals surface area contributed by atoms with Crippen LogP contribution >= 0.6 is 11.3 Å². The number of aliphatic hydroxyl groups excluding tert-OH is 2. The Bertz CT molecular complexity index is 339. The first kappa shape index (κ1) is 12.1. The lowest BCUT2D eigenvalue weighted by Crippen LogP contribution is -2.33. The van der Waals surface area contributed by atoms with Crippen LogP contribution in [0, 0.1) is 0 Å². The van der Waals surface area contributed by atoms with Crippen molar-refractivity contribution in [2.75, 3.05) is 7.11 Å². The van der Waals surface area contributed by atoms with Gasteiger partial charge in [-0.1, -0.05) is 0 Å². The average Bonchev–Trinajstić information content (AvgIpc) is 2.64. The molecule has 15 heavy (non-hydrogen) atoms. The minimum Gasteiger partial charge on any atom is -0.385 e. The Hall–Kier alpha value is -0.950. The lowest BCUT2D eigenvalue weighted by atomic mass is 10.1. The van der Waals surface area contributed by atoms with Crippen molar-refractivity contribution < 1.29 is 19.7 Å². The molecule has 0 radical (unpaired) electrons. The van der Waals surface area contributed by atoms with Crippen LogP contribution in [0.3, 0.4) is 0 Å². The number of nitrogens with two attached hydrogens (primary N) is 1. The van der Waals surface area contributed by atoms with Crippen LogP contribution in [0.5, 0.6) is 0 Å². The van der Waals surface area contributed by atoms with Crippen LogP contribution in [-0.4, -0.2) is 29.3 Å². The topological polar surface area (TPSA) is 92.8 Å². The molecule has 4 N–H and O–H groups in total. The Morgan fingerprint density at radius 1 is 1.67 bits per heavy atom. The van der Waals surface area contributed by atoms with E-state index in [1.165, 1.54) is 11.3 Å². The van der Waals surface area contributed by atoms with Crippen molar-refractivity contribution in [2.45, 2.75) is 18.8 Å². The number of methoxy groups -OCH3 is 1. The molecule has 0 aromatic carbocycles. The van der Waals surface area contributed by atoms with E-state index in [1.54, 1.807) is 18.6 Å². The van der Waals surface area contributed by atoms with Crippen LogP contribution in [-0.2, 0) is 16.1 Å². The van der Waals surface area contributed by atoms with Crippen LogP contribution in [0.15, 0.2) is 11.4 Å². The molecule has 84 valence electrons. The summed E-state index contributed by atoms with van der Waals surface area (Å²) in [7, 11) is 1.56. The number of rotatable bonds is 5. The summed E-state index contributed by atoms with van der Waals surface area (Å²) in [4.78, 5) is 11.5. The molecule has 5 nitrogen and oxygen atoms in total. The second kappa shape index (κ2) is 5.22. The van der Waals surface area contributed by atoms with E-state index in [-0.39, 0.29) is 0 Å². The normalized spacial score (nSPS) is 14.9. The number of ether oxygens (including phenoxy) is 1. The summed E-state index contributed by atoms with van der Waals surface area (Å²) >= 11 is 1.38. The van der Waals surface area contributed by atoms with Gasteiger partial charge in [-0.05, 0) is 17.0 Å². The molecule has 0 aliphatic rings. The highest BCUT2D eigenvalue weighted by molar-refractivity contribution is 7.10. The fourth-order valence-corrected chi connectivity index (χ4v) is 1.99. The van der Waals surface area contributed by atoms with E-state index in [0.717, 1.165) is 4.88 Å². The van der Waals surface area contributed by atoms with Crippen LogP contribution < -0.4 is 5.73 Å². The van der Waals surface area contributed by atoms with Gasteiger partial charge in [-0.2, -0.15) is 0 Å². The van der Waals surface area contributed by atoms with Crippen LogP contribution in [0.2, 0.25) is 0 Å². The third-order valence-corrected chi connectivity index (χ3v) is 2.82. The minimum atomic E-state index is -1.57. The maximum Gasteiger partial charge on any atom is 0.249 e. The zero-order chi connectivity index (χ0) is 11.4. The van der Waals surface area contributed by atoms with Gasteiger partial charge in [0.1, 0.15) is 6.10 Å². The molecule has 6 heteroatoms. The van der Waals surface area contributed by atoms with Gasteiger partial charge in [0, 0.05) is 12.0 Å². The van der Waals surface area contributed by atoms with Crippen molar-refractivity contribution in [2.24, 2.45) is 5.73 Å². The number of carbonyl (C=O) groups excluding carboxylic acids is 1. The van der Waals surface area contributed by atoms with Crippen molar-refractivity contribution in [1.82, 2.24) is 0 Å². The second-order valence-corrected chi connectivity index (χ2v) is 4.07. The first-order valence-electron chi connectivity index (χ1n) is 4.28. The largest absolute Gasteiger partial charge is 0.385 e. The minimum absolute atomic E-state index is 0.435. The molecule has 0 aliphatic heterocycles. The van der Waals surface area contributed by atoms with Gasteiger partial charge in [-0.3, -0.25) is 4.79 Å². The monoisotopic (exact) mass is 231 g/mol. The summed E-state index contributed by atoms with van der Waals surface area (Å²) in [6.07, 6.45) is -2.85. The number of primary amides is 1. The number of carbonyl (C=O) groups is 1. The van der Waals surface area contributed by atoms with Crippen molar-refractivity contribution in [3.8, 4) is 0 Å². The zero-order valence-corrected chi connectivity index (χ0v) is 9.03. The number of hydrogen-bond donors (Lipinski definition) is 3. The Morgan fingerprint density at radius 3 is 2.87 bits per heavy atom. The summed E-state index contributed by atoms with van der Waals surface area (Å²) in [5, 5.41) is 20.5. The summed E-state index contributed by atoms with van der Waals surface area (Å²) in [5.41, 5.74) is 5.34. The van der Waals surface area contributed by atoms with E-state index in [2.05, 4.69) is 0 Å². The average molecular weight is 231 g/mol. The molecular weight excluding hydrogens is 218 g/mol. The van der Waals surface area contributed by atoms with Gasteiger partial charge in [0.05, 0.1) is 6.61 Å². The number of aliphatic hydroxyl groups is 2. The molecule has 2 unspecified atom stereocenters. The fourth-order valence-electron chi connectivity index (χ4n) is 1.11. The summed E-state index contributed by atoms with van der Waals surface area (Å²) in [6, 6.07) is 1.67. The molecule has 0 aliphatic carbocycles. The van der Waals surface area contributed by atoms with Crippen molar-refractivity contribution in [3.05, 3.63) is 21.9 Å². The maximum atomic E-state index is 10.6. The highest BCUT2D eigenvalue weighted by Gasteiger charge is 2.24. The lowest BCUT2D eigenvalue weighted by Gasteiger charge is -2.12. The Morgan fingerprint density at radius 2 is 2.33 bits per heavy atom. The van der Waals surface area contributed by atoms with E-state index in [1.807, 2.05) is 0 Å². The summed E-state index contributed by atoms with van der Waals surface area (Å²) < 4.78 is 4.90. The molecule has 2 atom stereocenters. The van der Waals surface area contributed by atoms with Gasteiger partial charge in [0.2, 0.25) is 5.91 Å². The van der Waals surface area contributed by atoms with Gasteiger partial charge in [0.15, 0.2) is 6.10 Å². The fraction of sp³-hybridized carbons (Fsp3) is 0.444. The lowest BCUT2D eigenvalue weighted by molar-refractivity contribution is -0.131. The number of hydrogen-bond acceptors (Lipinski definition) is 5. The van der Waals surface area contributed by atoms with Crippen molar-refractivity contribution in [3.63, 3.8) is 0 Å². The molecule has 1 rings (SSSR count). The predicted octanol–water partition coefficient (Wildman–Crippen LogP) is -0.226. The predicted molar refractivity (Wildman–Crippen MR) is 55.2 cm³/mol. The maximum absolute atomic E-state index is 10.6. The van der Waals surface area contributed by atoms with Crippen LogP contribution in [0.25, 0.3) is 0 Å². The highest BCUT2D eigenvalue weighted by atomic mass is 32.1. The molecule has 1 heterocycles. The van der Waals surface area contributed by atoms with Gasteiger partial charge >= 0.3 is 0 Å². The second-order valence-electron chi connectivity index (χ2n) is 3.07. The van der Waals surface area contributed by atoms with Gasteiger partial charge in [0.25, 0.3) is 0 Å². The SMILES string of the molecule is COCc1cc(C(O)C(O)C(N)=O)cs1. The molecule has 1 aromatic heterocycles. The van der Waals surface area contributed by atoms with E-state index in [9.17, 15) is 15.0 Å². The van der Waals surface area contributed by atoms with Gasteiger partial charge < -0.3 is 20.7 Å². The van der Waals surface area contributed by atoms with E-state index >= 15 is 0 Å². The van der Waals surface area contributed by atoms with Crippen LogP contribution in [0.1, 0.15) is 16.5 Å². The van der Waals surface area contributed by atoms with Gasteiger partial charge in [-0.25, -0.2) is 0 Å². The third-order valence-electron chi connectivity index (χ3n) is 1.89. The molecule has 1 aromatic rings. The van der Waals surface area contributed by atoms with E-state index < -0.39 is 18.1 Å². The summed E-state index contributed by atoms with van der Waals surface area (Å²) in [6.45, 7) is 0.435. The Labute approximate surface area is 91.1 Å². The number of amides is 1. The standard InChI is InChI=1S/C9H13NO4S/c1-14-3-6-2-5(4-15-6)7(11)8(12)9(10)13/h2,4,7-8,11-12H,3H2,1H3,(H2,10,13). The van der Waals surface area contributed by atoms with Crippen molar-refractivity contribution in [1.29, 1.82) is 0 Å². The quantitative estimate of drug-likeness (QED) is 0.653. The molecular formula is C9H13NO4S. The smallest absolute Gasteiger partial charge is 0.249 e. The zero-order valence-electron chi connectivity index (χ0n) is 8.21. The van der Waals surface area contributed by atoms with E-state index in [0.29, 0.717) is 12.2 Å². The van der Waals surface area contributed by atoms with Gasteiger partial charge in [-0.15, -0.1) is 11.3 Å². The Kier molecular flexibility index (Phi) is 4.22. The first-order valence-corrected chi connectivity index (χ1v) is 5.16. The van der Waals surface area contributed by atoms with E-state index in [4.69, 9.17) is 10.5 Å². The molecule has 0 fully saturated rings. The molecule has 1 amide bonds. The highest BCUT2D eigenvalue weighted by Crippen LogP contribution is 2.23. The van der Waals surface area contributed by atoms with Crippen molar-refractivity contribution >= 4 is 17.2 Å². The molecule has 0 bridgehead atoms. The summed E-state index contributed by atoms with van der Waals surface area (Å²) in [5.74, 6) is -0.943. The molecule has 0 saturated carbocycles.